The monoisotopic (exact) mass is 299 g/mol. The minimum Gasteiger partial charge on any atom is -0.305 e. The van der Waals surface area contributed by atoms with Crippen LogP contribution in [0.3, 0.4) is 0 Å². The van der Waals surface area contributed by atoms with Gasteiger partial charge >= 0.3 is 0 Å². The van der Waals surface area contributed by atoms with E-state index in [1.54, 1.807) is 0 Å². The molecule has 110 valence electrons. The van der Waals surface area contributed by atoms with Crippen LogP contribution in [-0.2, 0) is 10.0 Å². The number of benzene rings is 1. The summed E-state index contributed by atoms with van der Waals surface area (Å²) >= 11 is 0. The Labute approximate surface area is 118 Å². The van der Waals surface area contributed by atoms with Crippen molar-refractivity contribution in [3.8, 4) is 0 Å². The Balaban J connectivity index is 2.35. The second kappa shape index (κ2) is 5.47. The summed E-state index contributed by atoms with van der Waals surface area (Å²) in [6.45, 7) is 0.749. The lowest BCUT2D eigenvalue weighted by Gasteiger charge is -2.20. The SMILES string of the molecule is CN(C)C1CCN(S(=O)(=O)c2ccccc2[N+](=O)[O-])C1. The van der Waals surface area contributed by atoms with E-state index in [0.29, 0.717) is 13.1 Å². The lowest BCUT2D eigenvalue weighted by atomic mass is 10.2. The van der Waals surface area contributed by atoms with Crippen molar-refractivity contribution < 1.29 is 13.3 Å². The molecule has 1 atom stereocenters. The molecular weight excluding hydrogens is 282 g/mol. The fourth-order valence-electron chi connectivity index (χ4n) is 2.32. The second-order valence-electron chi connectivity index (χ2n) is 4.99. The van der Waals surface area contributed by atoms with E-state index in [1.807, 2.05) is 19.0 Å². The first kappa shape index (κ1) is 14.9. The van der Waals surface area contributed by atoms with E-state index >= 15 is 0 Å². The molecule has 0 N–H and O–H groups in total. The zero-order valence-electron chi connectivity index (χ0n) is 11.4. The summed E-state index contributed by atoms with van der Waals surface area (Å²) in [7, 11) is -0.0266. The maximum atomic E-state index is 12.5. The fraction of sp³-hybridized carbons (Fsp3) is 0.500. The van der Waals surface area contributed by atoms with Crippen LogP contribution in [-0.4, -0.2) is 55.8 Å². The van der Waals surface area contributed by atoms with Crippen LogP contribution >= 0.6 is 0 Å². The predicted molar refractivity (Wildman–Crippen MR) is 73.9 cm³/mol. The first-order chi connectivity index (χ1) is 9.34. The van der Waals surface area contributed by atoms with Gasteiger partial charge < -0.3 is 4.90 Å². The highest BCUT2D eigenvalue weighted by atomic mass is 32.2. The van der Waals surface area contributed by atoms with Crippen LogP contribution < -0.4 is 0 Å². The molecule has 0 bridgehead atoms. The van der Waals surface area contributed by atoms with Crippen molar-refractivity contribution >= 4 is 15.7 Å². The molecule has 1 unspecified atom stereocenters. The van der Waals surface area contributed by atoms with Crippen LogP contribution in [0.2, 0.25) is 0 Å². The molecule has 1 aromatic carbocycles. The number of hydrogen-bond donors (Lipinski definition) is 0. The van der Waals surface area contributed by atoms with Gasteiger partial charge in [0.2, 0.25) is 10.0 Å². The van der Waals surface area contributed by atoms with Gasteiger partial charge in [-0.3, -0.25) is 10.1 Å². The molecule has 0 aliphatic carbocycles. The number of nitrogens with zero attached hydrogens (tertiary/aromatic N) is 3. The number of nitro groups is 1. The van der Waals surface area contributed by atoms with Crippen molar-refractivity contribution in [3.63, 3.8) is 0 Å². The molecule has 1 aliphatic rings. The topological polar surface area (TPSA) is 83.8 Å². The Hall–Kier alpha value is -1.51. The third-order valence-corrected chi connectivity index (χ3v) is 5.45. The van der Waals surface area contributed by atoms with Crippen LogP contribution in [0.25, 0.3) is 0 Å². The zero-order chi connectivity index (χ0) is 14.9. The van der Waals surface area contributed by atoms with Crippen LogP contribution in [0.15, 0.2) is 29.2 Å². The van der Waals surface area contributed by atoms with E-state index in [-0.39, 0.29) is 16.6 Å². The van der Waals surface area contributed by atoms with Crippen molar-refractivity contribution in [2.24, 2.45) is 0 Å². The van der Waals surface area contributed by atoms with Gasteiger partial charge in [-0.2, -0.15) is 4.31 Å². The lowest BCUT2D eigenvalue weighted by Crippen LogP contribution is -2.34. The fourth-order valence-corrected chi connectivity index (χ4v) is 3.97. The summed E-state index contributed by atoms with van der Waals surface area (Å²) in [5, 5.41) is 11.0. The maximum Gasteiger partial charge on any atom is 0.289 e. The van der Waals surface area contributed by atoms with Gasteiger partial charge in [0.1, 0.15) is 0 Å². The quantitative estimate of drug-likeness (QED) is 0.610. The third-order valence-electron chi connectivity index (χ3n) is 3.54. The summed E-state index contributed by atoms with van der Waals surface area (Å²) in [6, 6.07) is 5.61. The van der Waals surface area contributed by atoms with Gasteiger partial charge in [-0.1, -0.05) is 12.1 Å². The third kappa shape index (κ3) is 2.67. The van der Waals surface area contributed by atoms with E-state index < -0.39 is 14.9 Å². The number of likely N-dealkylation sites (N-methyl/N-ethyl adjacent to an activating group) is 1. The van der Waals surface area contributed by atoms with Crippen molar-refractivity contribution in [1.29, 1.82) is 0 Å². The van der Waals surface area contributed by atoms with Crippen molar-refractivity contribution in [3.05, 3.63) is 34.4 Å². The highest BCUT2D eigenvalue weighted by molar-refractivity contribution is 7.89. The maximum absolute atomic E-state index is 12.5. The Bertz CT molecular complexity index is 615. The smallest absolute Gasteiger partial charge is 0.289 e. The van der Waals surface area contributed by atoms with E-state index in [2.05, 4.69) is 0 Å². The molecule has 0 radical (unpaired) electrons. The summed E-state index contributed by atoms with van der Waals surface area (Å²) in [5.74, 6) is 0. The first-order valence-corrected chi connectivity index (χ1v) is 7.68. The minimum atomic E-state index is -3.82. The summed E-state index contributed by atoms with van der Waals surface area (Å²) in [4.78, 5) is 12.0. The lowest BCUT2D eigenvalue weighted by molar-refractivity contribution is -0.387. The molecule has 20 heavy (non-hydrogen) atoms. The van der Waals surface area contributed by atoms with Crippen molar-refractivity contribution in [1.82, 2.24) is 9.21 Å². The summed E-state index contributed by atoms with van der Waals surface area (Å²) in [6.07, 6.45) is 0.729. The molecule has 1 aromatic rings. The largest absolute Gasteiger partial charge is 0.305 e. The van der Waals surface area contributed by atoms with Crippen LogP contribution in [0, 0.1) is 10.1 Å². The molecule has 1 saturated heterocycles. The first-order valence-electron chi connectivity index (χ1n) is 6.24. The molecule has 1 fully saturated rings. The molecule has 2 rings (SSSR count). The normalized spacial score (nSPS) is 20.4. The Morgan fingerprint density at radius 3 is 2.55 bits per heavy atom. The van der Waals surface area contributed by atoms with Crippen LogP contribution in [0.1, 0.15) is 6.42 Å². The van der Waals surface area contributed by atoms with Crippen molar-refractivity contribution in [2.75, 3.05) is 27.2 Å². The van der Waals surface area contributed by atoms with Gasteiger partial charge in [0.25, 0.3) is 5.69 Å². The Kier molecular flexibility index (Phi) is 4.07. The number of sulfonamides is 1. The van der Waals surface area contributed by atoms with E-state index in [9.17, 15) is 18.5 Å². The van der Waals surface area contributed by atoms with Crippen molar-refractivity contribution in [2.45, 2.75) is 17.4 Å². The number of hydrogen-bond acceptors (Lipinski definition) is 5. The van der Waals surface area contributed by atoms with Gasteiger partial charge in [0, 0.05) is 25.2 Å². The average Bonchev–Trinajstić information content (AvgIpc) is 2.89. The molecule has 7 nitrogen and oxygen atoms in total. The van der Waals surface area contributed by atoms with E-state index in [1.165, 1.54) is 28.6 Å². The molecule has 1 aliphatic heterocycles. The Morgan fingerprint density at radius 2 is 2.00 bits per heavy atom. The number of para-hydroxylation sites is 1. The molecular formula is C12H17N3O4S. The van der Waals surface area contributed by atoms with Crippen LogP contribution in [0.5, 0.6) is 0 Å². The summed E-state index contributed by atoms with van der Waals surface area (Å²) < 4.78 is 26.4. The summed E-state index contributed by atoms with van der Waals surface area (Å²) in [5.41, 5.74) is -0.374. The molecule has 8 heteroatoms. The zero-order valence-corrected chi connectivity index (χ0v) is 12.2. The van der Waals surface area contributed by atoms with E-state index in [0.717, 1.165) is 6.42 Å². The van der Waals surface area contributed by atoms with Gasteiger partial charge in [-0.05, 0) is 26.6 Å². The second-order valence-corrected chi connectivity index (χ2v) is 6.90. The van der Waals surface area contributed by atoms with Gasteiger partial charge in [-0.15, -0.1) is 0 Å². The molecule has 0 spiro atoms. The molecule has 0 aromatic heterocycles. The molecule has 0 amide bonds. The van der Waals surface area contributed by atoms with Gasteiger partial charge in [0.05, 0.1) is 4.92 Å². The van der Waals surface area contributed by atoms with Crippen LogP contribution in [0.4, 0.5) is 5.69 Å². The van der Waals surface area contributed by atoms with Gasteiger partial charge in [0.15, 0.2) is 4.90 Å². The average molecular weight is 299 g/mol. The van der Waals surface area contributed by atoms with Gasteiger partial charge in [-0.25, -0.2) is 8.42 Å². The predicted octanol–water partition coefficient (Wildman–Crippen LogP) is 0.919. The highest BCUT2D eigenvalue weighted by Crippen LogP contribution is 2.29. The minimum absolute atomic E-state index is 0.146. The molecule has 1 heterocycles. The Morgan fingerprint density at radius 1 is 1.35 bits per heavy atom. The number of rotatable bonds is 4. The molecule has 0 saturated carbocycles. The highest BCUT2D eigenvalue weighted by Gasteiger charge is 2.36. The number of nitro benzene ring substituents is 1. The van der Waals surface area contributed by atoms with E-state index in [4.69, 9.17) is 0 Å². The standard InChI is InChI=1S/C12H17N3O4S/c1-13(2)10-7-8-14(9-10)20(18,19)12-6-4-3-5-11(12)15(16)17/h3-6,10H,7-9H2,1-2H3.